The first kappa shape index (κ1) is 17.5. The first-order chi connectivity index (χ1) is 11.9. The van der Waals surface area contributed by atoms with Gasteiger partial charge in [0.1, 0.15) is 11.4 Å². The third kappa shape index (κ3) is 3.56. The lowest BCUT2D eigenvalue weighted by atomic mass is 10.1. The SMILES string of the molecule is O=C1NC(=S)N(c2ccc(Cl)cc2Cl)C(=O)/C1=C\c1ccc(F)cc1. The Balaban J connectivity index is 2.03. The van der Waals surface area contributed by atoms with Crippen LogP contribution < -0.4 is 10.2 Å². The molecule has 0 aromatic heterocycles. The van der Waals surface area contributed by atoms with Crippen LogP contribution in [0.3, 0.4) is 0 Å². The Labute approximate surface area is 157 Å². The monoisotopic (exact) mass is 394 g/mol. The summed E-state index contributed by atoms with van der Waals surface area (Å²) >= 11 is 17.1. The molecule has 1 aliphatic heterocycles. The second-order valence-corrected chi connectivity index (χ2v) is 6.34. The van der Waals surface area contributed by atoms with Crippen molar-refractivity contribution in [2.75, 3.05) is 4.90 Å². The molecule has 1 heterocycles. The van der Waals surface area contributed by atoms with Gasteiger partial charge in [0.05, 0.1) is 10.7 Å². The second-order valence-electron chi connectivity index (χ2n) is 5.11. The number of amides is 2. The van der Waals surface area contributed by atoms with Crippen molar-refractivity contribution in [3.63, 3.8) is 0 Å². The number of anilines is 1. The molecule has 0 bridgehead atoms. The highest BCUT2D eigenvalue weighted by Gasteiger charge is 2.35. The lowest BCUT2D eigenvalue weighted by molar-refractivity contribution is -0.122. The van der Waals surface area contributed by atoms with Gasteiger partial charge in [0, 0.05) is 5.02 Å². The predicted octanol–water partition coefficient (Wildman–Crippen LogP) is 3.96. The molecule has 1 aliphatic rings. The van der Waals surface area contributed by atoms with Crippen LogP contribution in [0.25, 0.3) is 6.08 Å². The Hall–Kier alpha value is -2.28. The van der Waals surface area contributed by atoms with E-state index in [0.717, 1.165) is 4.90 Å². The largest absolute Gasteiger partial charge is 0.298 e. The number of nitrogens with one attached hydrogen (secondary N) is 1. The normalized spacial score (nSPS) is 16.4. The zero-order chi connectivity index (χ0) is 18.1. The summed E-state index contributed by atoms with van der Waals surface area (Å²) in [5.74, 6) is -1.69. The maximum absolute atomic E-state index is 13.0. The Bertz CT molecular complexity index is 929. The number of thiocarbonyl (C=S) groups is 1. The molecule has 0 atom stereocenters. The van der Waals surface area contributed by atoms with Crippen molar-refractivity contribution in [2.45, 2.75) is 0 Å². The van der Waals surface area contributed by atoms with Crippen LogP contribution in [0.4, 0.5) is 10.1 Å². The molecule has 0 radical (unpaired) electrons. The Morgan fingerprint density at radius 3 is 2.40 bits per heavy atom. The van der Waals surface area contributed by atoms with Gasteiger partial charge in [-0.1, -0.05) is 35.3 Å². The highest BCUT2D eigenvalue weighted by atomic mass is 35.5. The first-order valence-electron chi connectivity index (χ1n) is 6.99. The van der Waals surface area contributed by atoms with E-state index in [9.17, 15) is 14.0 Å². The van der Waals surface area contributed by atoms with E-state index in [2.05, 4.69) is 5.32 Å². The van der Waals surface area contributed by atoms with Gasteiger partial charge >= 0.3 is 0 Å². The summed E-state index contributed by atoms with van der Waals surface area (Å²) in [5.41, 5.74) is 0.646. The molecule has 0 aliphatic carbocycles. The summed E-state index contributed by atoms with van der Waals surface area (Å²) in [6.45, 7) is 0. The molecule has 1 fully saturated rings. The third-order valence-corrected chi connectivity index (χ3v) is 4.26. The van der Waals surface area contributed by atoms with Gasteiger partial charge in [-0.2, -0.15) is 0 Å². The minimum absolute atomic E-state index is 0.0875. The number of rotatable bonds is 2. The third-order valence-electron chi connectivity index (χ3n) is 3.43. The van der Waals surface area contributed by atoms with E-state index in [4.69, 9.17) is 35.4 Å². The van der Waals surface area contributed by atoms with Crippen molar-refractivity contribution in [3.05, 3.63) is 69.5 Å². The lowest BCUT2D eigenvalue weighted by Crippen LogP contribution is -2.54. The van der Waals surface area contributed by atoms with Crippen molar-refractivity contribution in [1.82, 2.24) is 5.32 Å². The first-order valence-corrected chi connectivity index (χ1v) is 8.15. The van der Waals surface area contributed by atoms with Gasteiger partial charge in [0.2, 0.25) is 0 Å². The molecule has 3 rings (SSSR count). The van der Waals surface area contributed by atoms with Crippen LogP contribution in [0.5, 0.6) is 0 Å². The Morgan fingerprint density at radius 2 is 1.76 bits per heavy atom. The molecular weight excluding hydrogens is 386 g/mol. The Kier molecular flexibility index (Phi) is 4.85. The number of benzene rings is 2. The van der Waals surface area contributed by atoms with Crippen LogP contribution >= 0.6 is 35.4 Å². The molecule has 1 N–H and O–H groups in total. The highest BCUT2D eigenvalue weighted by Crippen LogP contribution is 2.31. The smallest absolute Gasteiger partial charge is 0.270 e. The van der Waals surface area contributed by atoms with Gasteiger partial charge in [-0.3, -0.25) is 19.8 Å². The molecule has 2 aromatic carbocycles. The standard InChI is InChI=1S/C17H9Cl2FN2O2S/c18-10-3-6-14(13(19)8-10)22-16(24)12(15(23)21-17(22)25)7-9-1-4-11(20)5-2-9/h1-8H,(H,21,23,25)/b12-7-. The van der Waals surface area contributed by atoms with E-state index >= 15 is 0 Å². The van der Waals surface area contributed by atoms with Crippen molar-refractivity contribution >= 4 is 64.1 Å². The summed E-state index contributed by atoms with van der Waals surface area (Å²) in [6.07, 6.45) is 1.36. The fraction of sp³-hybridized carbons (Fsp3) is 0. The van der Waals surface area contributed by atoms with Gasteiger partial charge in [-0.05, 0) is 54.2 Å². The molecule has 0 unspecified atom stereocenters. The van der Waals surface area contributed by atoms with Crippen LogP contribution in [0, 0.1) is 5.82 Å². The average Bonchev–Trinajstić information content (AvgIpc) is 2.55. The van der Waals surface area contributed by atoms with E-state index in [-0.39, 0.29) is 15.7 Å². The van der Waals surface area contributed by atoms with Gasteiger partial charge < -0.3 is 0 Å². The number of carbonyl (C=O) groups is 2. The quantitative estimate of drug-likeness (QED) is 0.476. The van der Waals surface area contributed by atoms with Crippen LogP contribution in [0.1, 0.15) is 5.56 Å². The maximum Gasteiger partial charge on any atom is 0.270 e. The number of hydrogen-bond donors (Lipinski definition) is 1. The van der Waals surface area contributed by atoms with Crippen molar-refractivity contribution < 1.29 is 14.0 Å². The van der Waals surface area contributed by atoms with Crippen LogP contribution in [0.2, 0.25) is 10.0 Å². The average molecular weight is 395 g/mol. The van der Waals surface area contributed by atoms with Crippen LogP contribution in [-0.2, 0) is 9.59 Å². The summed E-state index contributed by atoms with van der Waals surface area (Å²) in [4.78, 5) is 26.1. The van der Waals surface area contributed by atoms with E-state index in [0.29, 0.717) is 16.3 Å². The zero-order valence-corrected chi connectivity index (χ0v) is 14.8. The molecule has 2 aromatic rings. The minimum atomic E-state index is -0.638. The topological polar surface area (TPSA) is 49.4 Å². The van der Waals surface area contributed by atoms with E-state index in [1.807, 2.05) is 0 Å². The molecular formula is C17H9Cl2FN2O2S. The molecule has 0 spiro atoms. The summed E-state index contributed by atoms with van der Waals surface area (Å²) < 4.78 is 13.0. The molecule has 8 heteroatoms. The minimum Gasteiger partial charge on any atom is -0.298 e. The van der Waals surface area contributed by atoms with E-state index < -0.39 is 17.6 Å². The number of halogens is 3. The number of hydrogen-bond acceptors (Lipinski definition) is 3. The fourth-order valence-corrected chi connectivity index (χ4v) is 3.03. The number of carbonyl (C=O) groups excluding carboxylic acids is 2. The maximum atomic E-state index is 13.0. The molecule has 0 saturated carbocycles. The van der Waals surface area contributed by atoms with Gasteiger partial charge in [0.15, 0.2) is 5.11 Å². The van der Waals surface area contributed by atoms with E-state index in [1.54, 1.807) is 6.07 Å². The fourth-order valence-electron chi connectivity index (χ4n) is 2.26. The zero-order valence-electron chi connectivity index (χ0n) is 12.4. The predicted molar refractivity (Wildman–Crippen MR) is 99.1 cm³/mol. The van der Waals surface area contributed by atoms with Crippen molar-refractivity contribution in [2.24, 2.45) is 0 Å². The van der Waals surface area contributed by atoms with Gasteiger partial charge in [-0.25, -0.2) is 4.39 Å². The van der Waals surface area contributed by atoms with Crippen molar-refractivity contribution in [1.29, 1.82) is 0 Å². The molecule has 2 amide bonds. The molecule has 1 saturated heterocycles. The highest BCUT2D eigenvalue weighted by molar-refractivity contribution is 7.80. The van der Waals surface area contributed by atoms with E-state index in [1.165, 1.54) is 42.5 Å². The number of nitrogens with zero attached hydrogens (tertiary/aromatic N) is 1. The summed E-state index contributed by atoms with van der Waals surface area (Å²) in [6, 6.07) is 9.92. The Morgan fingerprint density at radius 1 is 1.08 bits per heavy atom. The molecule has 25 heavy (non-hydrogen) atoms. The summed E-state index contributed by atoms with van der Waals surface area (Å²) in [5, 5.41) is 2.97. The van der Waals surface area contributed by atoms with Gasteiger partial charge in [0.25, 0.3) is 11.8 Å². The lowest BCUT2D eigenvalue weighted by Gasteiger charge is -2.29. The second kappa shape index (κ2) is 6.92. The van der Waals surface area contributed by atoms with Crippen LogP contribution in [-0.4, -0.2) is 16.9 Å². The molecule has 4 nitrogen and oxygen atoms in total. The molecule has 126 valence electrons. The van der Waals surface area contributed by atoms with Crippen LogP contribution in [0.15, 0.2) is 48.0 Å². The van der Waals surface area contributed by atoms with Crippen molar-refractivity contribution in [3.8, 4) is 0 Å². The summed E-state index contributed by atoms with van der Waals surface area (Å²) in [7, 11) is 0. The van der Waals surface area contributed by atoms with Gasteiger partial charge in [-0.15, -0.1) is 0 Å².